The second kappa shape index (κ2) is 10.5. The van der Waals surface area contributed by atoms with Gasteiger partial charge in [0.05, 0.1) is 6.04 Å². The first kappa shape index (κ1) is 21.6. The Labute approximate surface area is 154 Å². The Kier molecular flexibility index (Phi) is 9.10. The molecule has 25 heavy (non-hydrogen) atoms. The highest BCUT2D eigenvalue weighted by atomic mass is 32.1. The van der Waals surface area contributed by atoms with Gasteiger partial charge in [-0.3, -0.25) is 9.59 Å². The second-order valence-electron chi connectivity index (χ2n) is 6.73. The average molecular weight is 369 g/mol. The first-order valence-corrected chi connectivity index (χ1v) is 9.68. The summed E-state index contributed by atoms with van der Waals surface area (Å²) in [5.74, 6) is -0.320. The van der Waals surface area contributed by atoms with Crippen molar-refractivity contribution in [2.45, 2.75) is 59.2 Å². The molecule has 1 aromatic rings. The second-order valence-corrected chi connectivity index (χ2v) is 8.10. The number of hydrogen-bond acceptors (Lipinski definition) is 5. The molecule has 3 atom stereocenters. The van der Waals surface area contributed by atoms with Crippen molar-refractivity contribution in [2.75, 3.05) is 13.1 Å². The third kappa shape index (κ3) is 7.54. The molecule has 0 aliphatic rings. The molecule has 1 rings (SSSR count). The number of nitrogens with two attached hydrogens (primary N) is 1. The minimum Gasteiger partial charge on any atom is -0.355 e. The molecule has 0 radical (unpaired) electrons. The lowest BCUT2D eigenvalue weighted by Crippen LogP contribution is -2.55. The Bertz CT molecular complexity index is 559. The quantitative estimate of drug-likeness (QED) is 0.499. The van der Waals surface area contributed by atoms with Crippen LogP contribution in [0.1, 0.15) is 37.4 Å². The van der Waals surface area contributed by atoms with E-state index in [4.69, 9.17) is 5.73 Å². The van der Waals surface area contributed by atoms with E-state index >= 15 is 0 Å². The predicted octanol–water partition coefficient (Wildman–Crippen LogP) is 1.18. The highest BCUT2D eigenvalue weighted by Crippen LogP contribution is 2.16. The third-order valence-corrected chi connectivity index (χ3v) is 4.96. The predicted molar refractivity (Wildman–Crippen MR) is 104 cm³/mol. The minimum absolute atomic E-state index is 0.0204. The molecule has 0 fully saturated rings. The van der Waals surface area contributed by atoms with Gasteiger partial charge < -0.3 is 21.7 Å². The summed E-state index contributed by atoms with van der Waals surface area (Å²) in [6, 6.07) is 3.18. The van der Waals surface area contributed by atoms with Gasteiger partial charge in [0.15, 0.2) is 0 Å². The van der Waals surface area contributed by atoms with Crippen LogP contribution in [0.25, 0.3) is 0 Å². The van der Waals surface area contributed by atoms with Gasteiger partial charge in [-0.05, 0) is 45.2 Å². The lowest BCUT2D eigenvalue weighted by atomic mass is 10.0. The zero-order valence-electron chi connectivity index (χ0n) is 15.9. The molecule has 0 aliphatic heterocycles. The molecule has 0 spiro atoms. The van der Waals surface area contributed by atoms with Crippen LogP contribution in [0, 0.1) is 12.8 Å². The topological polar surface area (TPSA) is 96.2 Å². The first-order valence-electron chi connectivity index (χ1n) is 8.86. The average Bonchev–Trinajstić information content (AvgIpc) is 2.94. The van der Waals surface area contributed by atoms with Crippen molar-refractivity contribution in [2.24, 2.45) is 11.7 Å². The Morgan fingerprint density at radius 1 is 1.20 bits per heavy atom. The van der Waals surface area contributed by atoms with Crippen molar-refractivity contribution in [1.29, 1.82) is 0 Å². The van der Waals surface area contributed by atoms with Crippen LogP contribution in [0.2, 0.25) is 0 Å². The largest absolute Gasteiger partial charge is 0.355 e. The minimum atomic E-state index is -0.528. The van der Waals surface area contributed by atoms with Crippen molar-refractivity contribution >= 4 is 23.2 Å². The number of aryl methyl sites for hydroxylation is 1. The normalized spacial score (nSPS) is 14.8. The Hall–Kier alpha value is -1.44. The molecule has 7 heteroatoms. The number of nitrogens with one attached hydrogen (secondary N) is 3. The first-order chi connectivity index (χ1) is 11.7. The van der Waals surface area contributed by atoms with Crippen LogP contribution in [-0.4, -0.2) is 43.0 Å². The lowest BCUT2D eigenvalue weighted by molar-refractivity contribution is -0.130. The monoisotopic (exact) mass is 368 g/mol. The Morgan fingerprint density at radius 2 is 1.88 bits per heavy atom. The maximum absolute atomic E-state index is 12.3. The Balaban J connectivity index is 2.45. The fourth-order valence-corrected chi connectivity index (χ4v) is 3.43. The van der Waals surface area contributed by atoms with Crippen molar-refractivity contribution in [3.63, 3.8) is 0 Å². The van der Waals surface area contributed by atoms with Crippen LogP contribution in [0.3, 0.4) is 0 Å². The van der Waals surface area contributed by atoms with Gasteiger partial charge in [0, 0.05) is 28.9 Å². The van der Waals surface area contributed by atoms with Gasteiger partial charge >= 0.3 is 0 Å². The van der Waals surface area contributed by atoms with E-state index in [2.05, 4.69) is 35.0 Å². The van der Waals surface area contributed by atoms with E-state index in [1.807, 2.05) is 20.8 Å². The molecule has 0 saturated carbocycles. The molecule has 6 nitrogen and oxygen atoms in total. The molecular weight excluding hydrogens is 336 g/mol. The van der Waals surface area contributed by atoms with Gasteiger partial charge in [-0.25, -0.2) is 0 Å². The summed E-state index contributed by atoms with van der Waals surface area (Å²) in [7, 11) is 0. The number of hydrogen-bond donors (Lipinski definition) is 4. The zero-order chi connectivity index (χ0) is 19.0. The van der Waals surface area contributed by atoms with E-state index in [0.29, 0.717) is 13.1 Å². The van der Waals surface area contributed by atoms with E-state index < -0.39 is 12.1 Å². The number of carbonyl (C=O) groups excluding carboxylic acids is 2. The SMILES string of the molecule is CCNC(=O)[C@@H](NC(=O)[C@H](C)NCC(N)Cc1ccc(C)s1)C(C)C. The molecule has 5 N–H and O–H groups in total. The van der Waals surface area contributed by atoms with E-state index in [9.17, 15) is 9.59 Å². The lowest BCUT2D eigenvalue weighted by Gasteiger charge is -2.24. The molecule has 0 bridgehead atoms. The van der Waals surface area contributed by atoms with Crippen LogP contribution >= 0.6 is 11.3 Å². The summed E-state index contributed by atoms with van der Waals surface area (Å²) < 4.78 is 0. The Morgan fingerprint density at radius 3 is 2.40 bits per heavy atom. The molecule has 0 saturated heterocycles. The summed E-state index contributed by atoms with van der Waals surface area (Å²) in [6.45, 7) is 10.6. The summed E-state index contributed by atoms with van der Waals surface area (Å²) >= 11 is 1.74. The van der Waals surface area contributed by atoms with Gasteiger partial charge in [0.2, 0.25) is 11.8 Å². The summed E-state index contributed by atoms with van der Waals surface area (Å²) in [4.78, 5) is 26.9. The smallest absolute Gasteiger partial charge is 0.242 e. The van der Waals surface area contributed by atoms with Crippen LogP contribution in [0.4, 0.5) is 0 Å². The molecule has 1 unspecified atom stereocenters. The van der Waals surface area contributed by atoms with Crippen molar-refractivity contribution in [1.82, 2.24) is 16.0 Å². The molecule has 0 aromatic carbocycles. The molecule has 0 aliphatic carbocycles. The van der Waals surface area contributed by atoms with E-state index in [1.54, 1.807) is 18.3 Å². The molecule has 2 amide bonds. The van der Waals surface area contributed by atoms with Crippen LogP contribution in [-0.2, 0) is 16.0 Å². The van der Waals surface area contributed by atoms with E-state index in [-0.39, 0.29) is 23.8 Å². The van der Waals surface area contributed by atoms with E-state index in [1.165, 1.54) is 9.75 Å². The van der Waals surface area contributed by atoms with Crippen LogP contribution in [0.5, 0.6) is 0 Å². The van der Waals surface area contributed by atoms with Gasteiger partial charge in [0.1, 0.15) is 6.04 Å². The standard InChI is InChI=1S/C18H32N4O2S/c1-6-20-18(24)16(11(2)3)22-17(23)13(5)21-10-14(19)9-15-8-7-12(4)25-15/h7-8,11,13-14,16,21H,6,9-10,19H2,1-5H3,(H,20,24)(H,22,23)/t13-,14?,16-/m0/s1. The fraction of sp³-hybridized carbons (Fsp3) is 0.667. The highest BCUT2D eigenvalue weighted by molar-refractivity contribution is 7.11. The van der Waals surface area contributed by atoms with Gasteiger partial charge in [-0.2, -0.15) is 0 Å². The molecule has 1 heterocycles. The summed E-state index contributed by atoms with van der Waals surface area (Å²) in [5.41, 5.74) is 6.15. The fourth-order valence-electron chi connectivity index (χ4n) is 2.44. The third-order valence-electron chi connectivity index (χ3n) is 3.94. The number of rotatable bonds is 10. The van der Waals surface area contributed by atoms with Crippen molar-refractivity contribution in [3.8, 4) is 0 Å². The number of amides is 2. The maximum atomic E-state index is 12.3. The molecule has 142 valence electrons. The summed E-state index contributed by atoms with van der Waals surface area (Å²) in [6.07, 6.45) is 0.785. The van der Waals surface area contributed by atoms with Gasteiger partial charge in [-0.15, -0.1) is 11.3 Å². The van der Waals surface area contributed by atoms with Crippen molar-refractivity contribution in [3.05, 3.63) is 21.9 Å². The van der Waals surface area contributed by atoms with Crippen LogP contribution < -0.4 is 21.7 Å². The maximum Gasteiger partial charge on any atom is 0.242 e. The van der Waals surface area contributed by atoms with E-state index in [0.717, 1.165) is 6.42 Å². The number of thiophene rings is 1. The molecular formula is C18H32N4O2S. The number of carbonyl (C=O) groups is 2. The van der Waals surface area contributed by atoms with Crippen LogP contribution in [0.15, 0.2) is 12.1 Å². The zero-order valence-corrected chi connectivity index (χ0v) is 16.7. The summed E-state index contributed by atoms with van der Waals surface area (Å²) in [5, 5.41) is 8.74. The highest BCUT2D eigenvalue weighted by Gasteiger charge is 2.25. The van der Waals surface area contributed by atoms with Gasteiger partial charge in [-0.1, -0.05) is 13.8 Å². The van der Waals surface area contributed by atoms with Gasteiger partial charge in [0.25, 0.3) is 0 Å². The molecule has 1 aromatic heterocycles. The number of likely N-dealkylation sites (N-methyl/N-ethyl adjacent to an activating group) is 1. The van der Waals surface area contributed by atoms with Crippen molar-refractivity contribution < 1.29 is 9.59 Å².